The molecular formula is C14H22ClN3O. The number of carbonyl (C=O) groups excluding carboxylic acids is 1. The highest BCUT2D eigenvalue weighted by Crippen LogP contribution is 2.21. The van der Waals surface area contributed by atoms with E-state index in [1.807, 2.05) is 14.0 Å². The highest BCUT2D eigenvalue weighted by molar-refractivity contribution is 6.33. The summed E-state index contributed by atoms with van der Waals surface area (Å²) in [4.78, 5) is 18.4. The molecule has 0 fully saturated rings. The maximum atomic E-state index is 12.5. The van der Waals surface area contributed by atoms with Gasteiger partial charge in [-0.1, -0.05) is 25.4 Å². The van der Waals surface area contributed by atoms with Crippen LogP contribution in [0.15, 0.2) is 12.3 Å². The summed E-state index contributed by atoms with van der Waals surface area (Å²) in [5.74, 6) is 0.619. The largest absolute Gasteiger partial charge is 0.370 e. The van der Waals surface area contributed by atoms with E-state index < -0.39 is 0 Å². The topological polar surface area (TPSA) is 45.2 Å². The Morgan fingerprint density at radius 1 is 1.42 bits per heavy atom. The lowest BCUT2D eigenvalue weighted by Crippen LogP contribution is -2.36. The molecule has 0 spiro atoms. The summed E-state index contributed by atoms with van der Waals surface area (Å²) in [7, 11) is 1.82. The number of carbonyl (C=O) groups is 1. The number of anilines is 1. The molecule has 19 heavy (non-hydrogen) atoms. The fraction of sp³-hybridized carbons (Fsp3) is 0.571. The number of aromatic nitrogens is 1. The molecule has 1 aromatic rings. The number of halogens is 1. The molecule has 1 heterocycles. The van der Waals surface area contributed by atoms with Gasteiger partial charge in [-0.15, -0.1) is 0 Å². The SMILES string of the molecule is CCNc1cc(C(=O)N(C)C(CC)CC)c(Cl)cn1. The average molecular weight is 284 g/mol. The molecule has 0 aliphatic rings. The molecule has 0 radical (unpaired) electrons. The van der Waals surface area contributed by atoms with Crippen LogP contribution in [0.5, 0.6) is 0 Å². The molecule has 0 bridgehead atoms. The van der Waals surface area contributed by atoms with Gasteiger partial charge in [-0.2, -0.15) is 0 Å². The van der Waals surface area contributed by atoms with Gasteiger partial charge in [0.05, 0.1) is 10.6 Å². The first kappa shape index (κ1) is 15.8. The minimum Gasteiger partial charge on any atom is -0.370 e. The highest BCUT2D eigenvalue weighted by atomic mass is 35.5. The zero-order valence-corrected chi connectivity index (χ0v) is 12.8. The Hall–Kier alpha value is -1.29. The number of hydrogen-bond acceptors (Lipinski definition) is 3. The van der Waals surface area contributed by atoms with E-state index in [1.54, 1.807) is 11.0 Å². The lowest BCUT2D eigenvalue weighted by atomic mass is 10.1. The lowest BCUT2D eigenvalue weighted by molar-refractivity contribution is 0.0724. The van der Waals surface area contributed by atoms with Gasteiger partial charge in [-0.3, -0.25) is 4.79 Å². The van der Waals surface area contributed by atoms with Gasteiger partial charge < -0.3 is 10.2 Å². The molecule has 4 nitrogen and oxygen atoms in total. The smallest absolute Gasteiger partial charge is 0.255 e. The molecule has 0 saturated carbocycles. The number of hydrogen-bond donors (Lipinski definition) is 1. The van der Waals surface area contributed by atoms with E-state index in [9.17, 15) is 4.79 Å². The average Bonchev–Trinajstić information content (AvgIpc) is 2.41. The lowest BCUT2D eigenvalue weighted by Gasteiger charge is -2.26. The minimum absolute atomic E-state index is 0.0553. The van der Waals surface area contributed by atoms with Crippen molar-refractivity contribution in [1.29, 1.82) is 0 Å². The van der Waals surface area contributed by atoms with Crippen molar-refractivity contribution in [3.63, 3.8) is 0 Å². The fourth-order valence-electron chi connectivity index (χ4n) is 2.07. The summed E-state index contributed by atoms with van der Waals surface area (Å²) in [5.41, 5.74) is 0.502. The molecule has 0 atom stereocenters. The van der Waals surface area contributed by atoms with Gasteiger partial charge in [-0.25, -0.2) is 4.98 Å². The van der Waals surface area contributed by atoms with Gasteiger partial charge in [0.15, 0.2) is 0 Å². The number of amides is 1. The quantitative estimate of drug-likeness (QED) is 0.870. The predicted molar refractivity (Wildman–Crippen MR) is 79.9 cm³/mol. The molecule has 0 saturated heterocycles. The Morgan fingerprint density at radius 2 is 2.05 bits per heavy atom. The fourth-order valence-corrected chi connectivity index (χ4v) is 2.26. The first-order valence-corrected chi connectivity index (χ1v) is 7.09. The molecule has 1 rings (SSSR count). The van der Waals surface area contributed by atoms with Gasteiger partial charge in [0.1, 0.15) is 5.82 Å². The number of nitrogens with one attached hydrogen (secondary N) is 1. The maximum absolute atomic E-state index is 12.5. The Morgan fingerprint density at radius 3 is 2.58 bits per heavy atom. The minimum atomic E-state index is -0.0553. The molecular weight excluding hydrogens is 262 g/mol. The second-order valence-corrected chi connectivity index (χ2v) is 4.87. The molecule has 0 aliphatic heterocycles. The van der Waals surface area contributed by atoms with Crippen LogP contribution in [0.1, 0.15) is 44.0 Å². The zero-order valence-electron chi connectivity index (χ0n) is 12.0. The number of rotatable bonds is 6. The first-order valence-electron chi connectivity index (χ1n) is 6.71. The monoisotopic (exact) mass is 283 g/mol. The van der Waals surface area contributed by atoms with Crippen LogP contribution in [0.3, 0.4) is 0 Å². The van der Waals surface area contributed by atoms with Crippen molar-refractivity contribution in [3.05, 3.63) is 22.8 Å². The van der Waals surface area contributed by atoms with Crippen LogP contribution in [0.4, 0.5) is 5.82 Å². The first-order chi connectivity index (χ1) is 9.04. The Kier molecular flexibility index (Phi) is 6.09. The Balaban J connectivity index is 3.00. The molecule has 106 valence electrons. The van der Waals surface area contributed by atoms with E-state index >= 15 is 0 Å². The van der Waals surface area contributed by atoms with Crippen molar-refractivity contribution in [1.82, 2.24) is 9.88 Å². The standard InChI is InChI=1S/C14H22ClN3O/c1-5-10(6-2)18(4)14(19)11-8-13(16-7-3)17-9-12(11)15/h8-10H,5-7H2,1-4H3,(H,16,17). The molecule has 5 heteroatoms. The van der Waals surface area contributed by atoms with E-state index in [0.717, 1.165) is 19.4 Å². The summed E-state index contributed by atoms with van der Waals surface area (Å²) >= 11 is 6.09. The van der Waals surface area contributed by atoms with Crippen molar-refractivity contribution in [3.8, 4) is 0 Å². The van der Waals surface area contributed by atoms with Gasteiger partial charge in [0, 0.05) is 25.8 Å². The van der Waals surface area contributed by atoms with Crippen molar-refractivity contribution >= 4 is 23.3 Å². The molecule has 0 unspecified atom stereocenters. The Labute approximate surface area is 120 Å². The van der Waals surface area contributed by atoms with Crippen LogP contribution in [0.25, 0.3) is 0 Å². The normalized spacial score (nSPS) is 10.6. The van der Waals surface area contributed by atoms with Crippen LogP contribution in [0.2, 0.25) is 5.02 Å². The van der Waals surface area contributed by atoms with Crippen molar-refractivity contribution in [2.45, 2.75) is 39.7 Å². The van der Waals surface area contributed by atoms with E-state index in [1.165, 1.54) is 6.20 Å². The summed E-state index contributed by atoms with van der Waals surface area (Å²) in [6.45, 7) is 6.89. The van der Waals surface area contributed by atoms with Crippen LogP contribution in [0, 0.1) is 0 Å². The van der Waals surface area contributed by atoms with E-state index in [4.69, 9.17) is 11.6 Å². The van der Waals surface area contributed by atoms with Gasteiger partial charge in [0.25, 0.3) is 5.91 Å². The summed E-state index contributed by atoms with van der Waals surface area (Å²) < 4.78 is 0. The number of pyridine rings is 1. The van der Waals surface area contributed by atoms with Crippen LogP contribution < -0.4 is 5.32 Å². The second-order valence-electron chi connectivity index (χ2n) is 4.47. The Bertz CT molecular complexity index is 433. The summed E-state index contributed by atoms with van der Waals surface area (Å²) in [6.07, 6.45) is 3.39. The predicted octanol–water partition coefficient (Wildman–Crippen LogP) is 3.43. The highest BCUT2D eigenvalue weighted by Gasteiger charge is 2.21. The third kappa shape index (κ3) is 3.83. The number of nitrogens with zero attached hydrogens (tertiary/aromatic N) is 2. The van der Waals surface area contributed by atoms with Gasteiger partial charge in [0.2, 0.25) is 0 Å². The second kappa shape index (κ2) is 7.34. The van der Waals surface area contributed by atoms with Gasteiger partial charge >= 0.3 is 0 Å². The van der Waals surface area contributed by atoms with Crippen LogP contribution in [-0.2, 0) is 0 Å². The molecule has 1 aromatic heterocycles. The summed E-state index contributed by atoms with van der Waals surface area (Å²) in [5, 5.41) is 3.48. The van der Waals surface area contributed by atoms with Crippen molar-refractivity contribution < 1.29 is 4.79 Å². The third-order valence-electron chi connectivity index (χ3n) is 3.25. The molecule has 0 aliphatic carbocycles. The zero-order chi connectivity index (χ0) is 14.4. The summed E-state index contributed by atoms with van der Waals surface area (Å²) in [6, 6.07) is 1.95. The molecule has 1 amide bonds. The maximum Gasteiger partial charge on any atom is 0.255 e. The van der Waals surface area contributed by atoms with Crippen molar-refractivity contribution in [2.24, 2.45) is 0 Å². The molecule has 0 aromatic carbocycles. The van der Waals surface area contributed by atoms with Crippen LogP contribution in [-0.4, -0.2) is 35.4 Å². The third-order valence-corrected chi connectivity index (χ3v) is 3.56. The van der Waals surface area contributed by atoms with Crippen molar-refractivity contribution in [2.75, 3.05) is 18.9 Å². The van der Waals surface area contributed by atoms with E-state index in [-0.39, 0.29) is 11.9 Å². The van der Waals surface area contributed by atoms with E-state index in [0.29, 0.717) is 16.4 Å². The molecule has 1 N–H and O–H groups in total. The van der Waals surface area contributed by atoms with E-state index in [2.05, 4.69) is 24.1 Å². The van der Waals surface area contributed by atoms with Crippen LogP contribution >= 0.6 is 11.6 Å². The van der Waals surface area contributed by atoms with Gasteiger partial charge in [-0.05, 0) is 25.8 Å².